The molecule has 1 amide bonds. The Bertz CT molecular complexity index is 195. The van der Waals surface area contributed by atoms with Gasteiger partial charge < -0.3 is 15.8 Å². The van der Waals surface area contributed by atoms with Gasteiger partial charge in [0.25, 0.3) is 0 Å². The summed E-state index contributed by atoms with van der Waals surface area (Å²) in [5, 5.41) is 3.12. The monoisotopic (exact) mass is 216 g/mol. The highest BCUT2D eigenvalue weighted by molar-refractivity contribution is 5.84. The second-order valence-electron chi connectivity index (χ2n) is 4.25. The SMILES string of the molecule is CCNC(C)(CCCOC(C)C)C(N)=O. The molecule has 0 aromatic rings. The van der Waals surface area contributed by atoms with Crippen LogP contribution in [0.2, 0.25) is 0 Å². The van der Waals surface area contributed by atoms with Crippen LogP contribution in [0.25, 0.3) is 0 Å². The predicted octanol–water partition coefficient (Wildman–Crippen LogP) is 1.05. The van der Waals surface area contributed by atoms with Crippen LogP contribution in [0, 0.1) is 0 Å². The Kier molecular flexibility index (Phi) is 6.52. The zero-order valence-corrected chi connectivity index (χ0v) is 10.3. The first kappa shape index (κ1) is 14.4. The molecule has 1 atom stereocenters. The summed E-state index contributed by atoms with van der Waals surface area (Å²) in [6.45, 7) is 9.21. The van der Waals surface area contributed by atoms with E-state index in [1.807, 2.05) is 27.7 Å². The van der Waals surface area contributed by atoms with Crippen molar-refractivity contribution in [2.45, 2.75) is 52.2 Å². The number of rotatable bonds is 8. The summed E-state index contributed by atoms with van der Waals surface area (Å²) in [7, 11) is 0. The molecule has 0 rings (SSSR count). The Morgan fingerprint density at radius 1 is 1.53 bits per heavy atom. The van der Waals surface area contributed by atoms with Crippen molar-refractivity contribution in [3.8, 4) is 0 Å². The first-order valence-electron chi connectivity index (χ1n) is 5.59. The third kappa shape index (κ3) is 5.74. The van der Waals surface area contributed by atoms with Crippen molar-refractivity contribution in [2.24, 2.45) is 5.73 Å². The number of hydrogen-bond donors (Lipinski definition) is 2. The fourth-order valence-corrected chi connectivity index (χ4v) is 1.43. The van der Waals surface area contributed by atoms with Crippen molar-refractivity contribution in [3.05, 3.63) is 0 Å². The average molecular weight is 216 g/mol. The molecule has 0 aromatic carbocycles. The Labute approximate surface area is 92.6 Å². The molecule has 0 aliphatic heterocycles. The van der Waals surface area contributed by atoms with Crippen LogP contribution in [0.1, 0.15) is 40.5 Å². The van der Waals surface area contributed by atoms with Gasteiger partial charge in [0.1, 0.15) is 0 Å². The Hall–Kier alpha value is -0.610. The van der Waals surface area contributed by atoms with Crippen LogP contribution in [0.3, 0.4) is 0 Å². The summed E-state index contributed by atoms with van der Waals surface area (Å²) < 4.78 is 5.42. The lowest BCUT2D eigenvalue weighted by molar-refractivity contribution is -0.124. The molecule has 0 saturated heterocycles. The fraction of sp³-hybridized carbons (Fsp3) is 0.909. The molecule has 0 fully saturated rings. The standard InChI is InChI=1S/C11H24N2O2/c1-5-13-11(4,10(12)14)7-6-8-15-9(2)3/h9,13H,5-8H2,1-4H3,(H2,12,14). The smallest absolute Gasteiger partial charge is 0.237 e. The van der Waals surface area contributed by atoms with E-state index in [4.69, 9.17) is 10.5 Å². The van der Waals surface area contributed by atoms with Crippen molar-refractivity contribution in [1.82, 2.24) is 5.32 Å². The van der Waals surface area contributed by atoms with Crippen LogP contribution in [-0.2, 0) is 9.53 Å². The zero-order chi connectivity index (χ0) is 11.9. The van der Waals surface area contributed by atoms with Crippen molar-refractivity contribution in [2.75, 3.05) is 13.2 Å². The van der Waals surface area contributed by atoms with Gasteiger partial charge in [-0.2, -0.15) is 0 Å². The first-order chi connectivity index (χ1) is 6.92. The Morgan fingerprint density at radius 2 is 2.13 bits per heavy atom. The van der Waals surface area contributed by atoms with Crippen molar-refractivity contribution >= 4 is 5.91 Å². The van der Waals surface area contributed by atoms with Gasteiger partial charge in [-0.15, -0.1) is 0 Å². The number of likely N-dealkylation sites (N-methyl/N-ethyl adjacent to an activating group) is 1. The third-order valence-electron chi connectivity index (χ3n) is 2.38. The van der Waals surface area contributed by atoms with Gasteiger partial charge in [-0.05, 0) is 40.2 Å². The van der Waals surface area contributed by atoms with Crippen molar-refractivity contribution in [1.29, 1.82) is 0 Å². The predicted molar refractivity (Wildman–Crippen MR) is 61.6 cm³/mol. The maximum absolute atomic E-state index is 11.3. The van der Waals surface area contributed by atoms with Gasteiger partial charge in [0, 0.05) is 6.61 Å². The molecule has 4 nitrogen and oxygen atoms in total. The molecule has 0 aliphatic carbocycles. The summed E-state index contributed by atoms with van der Waals surface area (Å²) in [6, 6.07) is 0. The van der Waals surface area contributed by atoms with Gasteiger partial charge in [-0.25, -0.2) is 0 Å². The number of hydrogen-bond acceptors (Lipinski definition) is 3. The summed E-state index contributed by atoms with van der Waals surface area (Å²) in [6.07, 6.45) is 1.79. The molecule has 4 heteroatoms. The molecule has 0 bridgehead atoms. The normalized spacial score (nSPS) is 15.3. The van der Waals surface area contributed by atoms with E-state index < -0.39 is 5.54 Å². The molecule has 0 aliphatic rings. The molecule has 15 heavy (non-hydrogen) atoms. The largest absolute Gasteiger partial charge is 0.379 e. The molecule has 0 radical (unpaired) electrons. The lowest BCUT2D eigenvalue weighted by Gasteiger charge is -2.27. The number of ether oxygens (including phenoxy) is 1. The molecule has 90 valence electrons. The van der Waals surface area contributed by atoms with E-state index in [1.165, 1.54) is 0 Å². The molecular weight excluding hydrogens is 192 g/mol. The molecule has 0 heterocycles. The molecule has 3 N–H and O–H groups in total. The van der Waals surface area contributed by atoms with Gasteiger partial charge in [-0.1, -0.05) is 6.92 Å². The van der Waals surface area contributed by atoms with Crippen LogP contribution < -0.4 is 11.1 Å². The maximum Gasteiger partial charge on any atom is 0.237 e. The molecule has 0 spiro atoms. The van der Waals surface area contributed by atoms with E-state index in [0.29, 0.717) is 13.0 Å². The fourth-order valence-electron chi connectivity index (χ4n) is 1.43. The highest BCUT2D eigenvalue weighted by Crippen LogP contribution is 2.12. The van der Waals surface area contributed by atoms with E-state index in [9.17, 15) is 4.79 Å². The van der Waals surface area contributed by atoms with Gasteiger partial charge in [0.2, 0.25) is 5.91 Å². The summed E-state index contributed by atoms with van der Waals surface area (Å²) >= 11 is 0. The summed E-state index contributed by atoms with van der Waals surface area (Å²) in [4.78, 5) is 11.3. The quantitative estimate of drug-likeness (QED) is 0.596. The van der Waals surface area contributed by atoms with Crippen LogP contribution in [0.15, 0.2) is 0 Å². The summed E-state index contributed by atoms with van der Waals surface area (Å²) in [5.41, 5.74) is 4.75. The van der Waals surface area contributed by atoms with Crippen LogP contribution in [-0.4, -0.2) is 30.7 Å². The molecule has 1 unspecified atom stereocenters. The lowest BCUT2D eigenvalue weighted by Crippen LogP contribution is -2.53. The maximum atomic E-state index is 11.3. The number of amides is 1. The number of nitrogens with one attached hydrogen (secondary N) is 1. The number of carbonyl (C=O) groups excluding carboxylic acids is 1. The number of carbonyl (C=O) groups is 1. The van der Waals surface area contributed by atoms with E-state index in [0.717, 1.165) is 13.0 Å². The second-order valence-corrected chi connectivity index (χ2v) is 4.25. The van der Waals surface area contributed by atoms with Gasteiger partial charge in [-0.3, -0.25) is 4.79 Å². The minimum atomic E-state index is -0.602. The van der Waals surface area contributed by atoms with Crippen LogP contribution in [0.5, 0.6) is 0 Å². The third-order valence-corrected chi connectivity index (χ3v) is 2.38. The number of primary amides is 1. The van der Waals surface area contributed by atoms with Crippen LogP contribution >= 0.6 is 0 Å². The second kappa shape index (κ2) is 6.80. The lowest BCUT2D eigenvalue weighted by atomic mass is 9.95. The van der Waals surface area contributed by atoms with E-state index in [-0.39, 0.29) is 12.0 Å². The van der Waals surface area contributed by atoms with E-state index in [1.54, 1.807) is 0 Å². The molecule has 0 aromatic heterocycles. The minimum Gasteiger partial charge on any atom is -0.379 e. The van der Waals surface area contributed by atoms with Crippen LogP contribution in [0.4, 0.5) is 0 Å². The van der Waals surface area contributed by atoms with Gasteiger partial charge in [0.15, 0.2) is 0 Å². The molecule has 0 saturated carbocycles. The summed E-state index contributed by atoms with van der Waals surface area (Å²) in [5.74, 6) is -0.297. The number of nitrogens with two attached hydrogens (primary N) is 1. The van der Waals surface area contributed by atoms with Crippen molar-refractivity contribution < 1.29 is 9.53 Å². The van der Waals surface area contributed by atoms with Crippen molar-refractivity contribution in [3.63, 3.8) is 0 Å². The average Bonchev–Trinajstić information content (AvgIpc) is 2.12. The highest BCUT2D eigenvalue weighted by atomic mass is 16.5. The minimum absolute atomic E-state index is 0.240. The highest BCUT2D eigenvalue weighted by Gasteiger charge is 2.28. The molecular formula is C11H24N2O2. The Morgan fingerprint density at radius 3 is 2.53 bits per heavy atom. The Balaban J connectivity index is 3.92. The topological polar surface area (TPSA) is 64.3 Å². The van der Waals surface area contributed by atoms with Gasteiger partial charge in [0.05, 0.1) is 11.6 Å². The zero-order valence-electron chi connectivity index (χ0n) is 10.3. The van der Waals surface area contributed by atoms with Gasteiger partial charge >= 0.3 is 0 Å². The first-order valence-corrected chi connectivity index (χ1v) is 5.59. The van der Waals surface area contributed by atoms with E-state index in [2.05, 4.69) is 5.32 Å². The van der Waals surface area contributed by atoms with E-state index >= 15 is 0 Å².